The number of amides is 1. The summed E-state index contributed by atoms with van der Waals surface area (Å²) in [4.78, 5) is 14.8. The van der Waals surface area contributed by atoms with Crippen LogP contribution in [0.5, 0.6) is 0 Å². The molecular weight excluding hydrogens is 464 g/mol. The lowest BCUT2D eigenvalue weighted by Crippen LogP contribution is -2.62. The van der Waals surface area contributed by atoms with Crippen molar-refractivity contribution in [1.82, 2.24) is 10.2 Å². The topological polar surface area (TPSA) is 112 Å². The quantitative estimate of drug-likeness (QED) is 0.590. The lowest BCUT2D eigenvalue weighted by molar-refractivity contribution is -0.133. The van der Waals surface area contributed by atoms with Crippen LogP contribution >= 0.6 is 11.6 Å². The van der Waals surface area contributed by atoms with E-state index in [0.29, 0.717) is 48.0 Å². The number of ether oxygens (including phenoxy) is 1. The number of sulfone groups is 1. The van der Waals surface area contributed by atoms with Crippen LogP contribution in [0.3, 0.4) is 0 Å². The van der Waals surface area contributed by atoms with E-state index in [1.807, 2.05) is 19.1 Å². The Labute approximate surface area is 198 Å². The number of nitrogens with zero attached hydrogens (tertiary/aromatic N) is 1. The minimum Gasteiger partial charge on any atom is -0.381 e. The van der Waals surface area contributed by atoms with Crippen LogP contribution in [-0.2, 0) is 24.9 Å². The largest absolute Gasteiger partial charge is 0.381 e. The maximum Gasteiger partial charge on any atom is 0.232 e. The fourth-order valence-electron chi connectivity index (χ4n) is 4.38. The number of rotatable bonds is 5. The molecule has 2 saturated heterocycles. The van der Waals surface area contributed by atoms with Gasteiger partial charge in [-0.15, -0.1) is 0 Å². The second kappa shape index (κ2) is 8.96. The Balaban J connectivity index is 1.60. The molecule has 2 aliphatic heterocycles. The molecule has 1 amide bonds. The molecule has 2 aromatic rings. The summed E-state index contributed by atoms with van der Waals surface area (Å²) < 4.78 is 29.2. The average Bonchev–Trinajstić information content (AvgIpc) is 2.75. The van der Waals surface area contributed by atoms with Crippen molar-refractivity contribution < 1.29 is 17.9 Å². The van der Waals surface area contributed by atoms with Crippen LogP contribution in [0.1, 0.15) is 31.7 Å². The highest BCUT2D eigenvalue weighted by atomic mass is 35.5. The van der Waals surface area contributed by atoms with E-state index in [9.17, 15) is 13.2 Å². The van der Waals surface area contributed by atoms with E-state index in [0.717, 1.165) is 6.26 Å². The first-order valence-corrected chi connectivity index (χ1v) is 13.0. The number of hydrogen-bond acceptors (Lipinski definition) is 6. The molecular formula is C23H27ClN4O4S. The summed E-state index contributed by atoms with van der Waals surface area (Å²) in [7, 11) is -3.35. The van der Waals surface area contributed by atoms with Crippen molar-refractivity contribution in [1.29, 1.82) is 5.41 Å². The zero-order valence-electron chi connectivity index (χ0n) is 18.5. The third-order valence-corrected chi connectivity index (χ3v) is 7.62. The van der Waals surface area contributed by atoms with E-state index >= 15 is 0 Å². The molecule has 2 fully saturated rings. The summed E-state index contributed by atoms with van der Waals surface area (Å²) >= 11 is 6.76. The molecule has 4 rings (SSSR count). The van der Waals surface area contributed by atoms with Gasteiger partial charge >= 0.3 is 0 Å². The van der Waals surface area contributed by atoms with Crippen molar-refractivity contribution in [2.24, 2.45) is 0 Å². The number of hydrogen-bond donors (Lipinski definition) is 3. The van der Waals surface area contributed by atoms with Gasteiger partial charge in [-0.3, -0.25) is 15.1 Å². The standard InChI is InChI=1S/C23H27ClN4O4S/c1-23(14-20(29)28(22(25)27-23)16-9-11-32-12-10-16)18-7-4-8-19(21(18)24)26-15-5-3-6-17(13-15)33(2,30)31/h3-8,13,16,26H,9-12,14H2,1-2H3,(H2,25,27)/t23-/m0/s1. The molecule has 0 spiro atoms. The molecule has 2 aliphatic rings. The third kappa shape index (κ3) is 4.85. The summed E-state index contributed by atoms with van der Waals surface area (Å²) in [5.41, 5.74) is 0.972. The highest BCUT2D eigenvalue weighted by Gasteiger charge is 2.43. The van der Waals surface area contributed by atoms with Gasteiger partial charge in [0.1, 0.15) is 0 Å². The first-order chi connectivity index (χ1) is 15.6. The van der Waals surface area contributed by atoms with Crippen LogP contribution in [0.2, 0.25) is 5.02 Å². The number of nitrogens with one attached hydrogen (secondary N) is 3. The summed E-state index contributed by atoms with van der Waals surface area (Å²) in [6.07, 6.45) is 2.72. The van der Waals surface area contributed by atoms with Crippen LogP contribution in [-0.4, -0.2) is 50.7 Å². The van der Waals surface area contributed by atoms with Gasteiger partial charge in [0, 0.05) is 31.2 Å². The Morgan fingerprint density at radius 3 is 2.58 bits per heavy atom. The molecule has 0 aliphatic carbocycles. The zero-order valence-corrected chi connectivity index (χ0v) is 20.1. The first kappa shape index (κ1) is 23.5. The van der Waals surface area contributed by atoms with Crippen molar-refractivity contribution in [3.8, 4) is 0 Å². The van der Waals surface area contributed by atoms with Crippen LogP contribution in [0.4, 0.5) is 11.4 Å². The SMILES string of the molecule is C[C@@]1(c2cccc(Nc3cccc(S(C)(=O)=O)c3)c2Cl)CC(=O)N(C2CCOCC2)C(=N)N1. The smallest absolute Gasteiger partial charge is 0.232 e. The lowest BCUT2D eigenvalue weighted by Gasteiger charge is -2.45. The van der Waals surface area contributed by atoms with Crippen molar-refractivity contribution in [3.05, 3.63) is 53.1 Å². The van der Waals surface area contributed by atoms with Gasteiger partial charge in [-0.05, 0) is 49.6 Å². The third-order valence-electron chi connectivity index (χ3n) is 6.10. The summed E-state index contributed by atoms with van der Waals surface area (Å²) in [6, 6.07) is 11.9. The Hall–Kier alpha value is -2.62. The minimum atomic E-state index is -3.35. The van der Waals surface area contributed by atoms with Gasteiger partial charge < -0.3 is 15.4 Å². The molecule has 0 aromatic heterocycles. The second-order valence-electron chi connectivity index (χ2n) is 8.68. The fourth-order valence-corrected chi connectivity index (χ4v) is 5.43. The van der Waals surface area contributed by atoms with Crippen molar-refractivity contribution in [3.63, 3.8) is 0 Å². The van der Waals surface area contributed by atoms with Crippen LogP contribution in [0, 0.1) is 5.41 Å². The van der Waals surface area contributed by atoms with E-state index in [4.69, 9.17) is 21.7 Å². The van der Waals surface area contributed by atoms with E-state index < -0.39 is 15.4 Å². The van der Waals surface area contributed by atoms with Crippen LogP contribution in [0.25, 0.3) is 0 Å². The molecule has 176 valence electrons. The van der Waals surface area contributed by atoms with Crippen LogP contribution in [0.15, 0.2) is 47.4 Å². The Bertz CT molecular complexity index is 1180. The van der Waals surface area contributed by atoms with E-state index in [1.54, 1.807) is 24.3 Å². The van der Waals surface area contributed by atoms with Gasteiger partial charge in [-0.1, -0.05) is 29.8 Å². The summed E-state index contributed by atoms with van der Waals surface area (Å²) in [6.45, 7) is 3.02. The highest BCUT2D eigenvalue weighted by Crippen LogP contribution is 2.39. The predicted molar refractivity (Wildman–Crippen MR) is 128 cm³/mol. The average molecular weight is 491 g/mol. The number of halogens is 1. The van der Waals surface area contributed by atoms with Crippen molar-refractivity contribution >= 4 is 44.7 Å². The van der Waals surface area contributed by atoms with E-state index in [2.05, 4.69) is 10.6 Å². The minimum absolute atomic E-state index is 0.0404. The highest BCUT2D eigenvalue weighted by molar-refractivity contribution is 7.90. The molecule has 0 bridgehead atoms. The molecule has 0 radical (unpaired) electrons. The molecule has 3 N–H and O–H groups in total. The molecule has 1 atom stereocenters. The predicted octanol–water partition coefficient (Wildman–Crippen LogP) is 3.64. The van der Waals surface area contributed by atoms with Crippen LogP contribution < -0.4 is 10.6 Å². The lowest BCUT2D eigenvalue weighted by atomic mass is 9.85. The van der Waals surface area contributed by atoms with E-state index in [-0.39, 0.29) is 29.2 Å². The number of guanidine groups is 1. The summed E-state index contributed by atoms with van der Waals surface area (Å²) in [5, 5.41) is 15.3. The molecule has 8 nitrogen and oxygen atoms in total. The molecule has 2 heterocycles. The van der Waals surface area contributed by atoms with Gasteiger partial charge in [-0.2, -0.15) is 0 Å². The van der Waals surface area contributed by atoms with Gasteiger partial charge in [-0.25, -0.2) is 8.42 Å². The van der Waals surface area contributed by atoms with Crippen molar-refractivity contribution in [2.45, 2.75) is 42.7 Å². The number of carbonyl (C=O) groups excluding carboxylic acids is 1. The number of carbonyl (C=O) groups is 1. The molecule has 0 saturated carbocycles. The van der Waals surface area contributed by atoms with Gasteiger partial charge in [0.2, 0.25) is 5.91 Å². The normalized spacial score (nSPS) is 22.2. The Kier molecular flexibility index (Phi) is 6.39. The van der Waals surface area contributed by atoms with Gasteiger partial charge in [0.25, 0.3) is 0 Å². The van der Waals surface area contributed by atoms with Gasteiger partial charge in [0.05, 0.1) is 27.6 Å². The number of anilines is 2. The summed E-state index contributed by atoms with van der Waals surface area (Å²) in [5.74, 6) is -0.0561. The second-order valence-corrected chi connectivity index (χ2v) is 11.1. The zero-order chi connectivity index (χ0) is 23.8. The van der Waals surface area contributed by atoms with Gasteiger partial charge in [0.15, 0.2) is 15.8 Å². The molecule has 10 heteroatoms. The Morgan fingerprint density at radius 1 is 1.21 bits per heavy atom. The molecule has 2 aromatic carbocycles. The van der Waals surface area contributed by atoms with E-state index in [1.165, 1.54) is 11.0 Å². The van der Waals surface area contributed by atoms with Crippen molar-refractivity contribution in [2.75, 3.05) is 24.8 Å². The molecule has 33 heavy (non-hydrogen) atoms. The Morgan fingerprint density at radius 2 is 1.91 bits per heavy atom. The maximum absolute atomic E-state index is 13.1. The maximum atomic E-state index is 13.1. The monoisotopic (exact) mass is 490 g/mol. The first-order valence-electron chi connectivity index (χ1n) is 10.7. The number of benzene rings is 2. The molecule has 0 unspecified atom stereocenters. The fraction of sp³-hybridized carbons (Fsp3) is 0.391.